The summed E-state index contributed by atoms with van der Waals surface area (Å²) in [5, 5.41) is 0.722. The number of hydrogen-bond donors (Lipinski definition) is 0. The van der Waals surface area contributed by atoms with E-state index in [0.29, 0.717) is 17.4 Å². The minimum absolute atomic E-state index is 0.209. The Labute approximate surface area is 111 Å². The Balaban J connectivity index is 2.34. The Hall–Kier alpha value is -0.580. The first-order chi connectivity index (χ1) is 7.89. The fraction of sp³-hybridized carbons (Fsp3) is 0.636. The van der Waals surface area contributed by atoms with Crippen molar-refractivity contribution in [1.29, 1.82) is 0 Å². The summed E-state index contributed by atoms with van der Waals surface area (Å²) in [7, 11) is 0. The number of anilines is 1. The molecule has 0 unspecified atom stereocenters. The lowest BCUT2D eigenvalue weighted by molar-refractivity contribution is -0.0423. The van der Waals surface area contributed by atoms with E-state index in [2.05, 4.69) is 21.8 Å². The van der Waals surface area contributed by atoms with E-state index in [1.54, 1.807) is 0 Å². The lowest BCUT2D eigenvalue weighted by Gasteiger charge is -2.43. The second-order valence-corrected chi connectivity index (χ2v) is 5.60. The molecular formula is C11H15Cl2N3O. The van der Waals surface area contributed by atoms with Crippen molar-refractivity contribution < 1.29 is 4.74 Å². The van der Waals surface area contributed by atoms with Gasteiger partial charge in [-0.15, -0.1) is 0 Å². The molecule has 0 aromatic carbocycles. The zero-order valence-electron chi connectivity index (χ0n) is 10.1. The van der Waals surface area contributed by atoms with Crippen LogP contribution in [0.25, 0.3) is 0 Å². The summed E-state index contributed by atoms with van der Waals surface area (Å²) in [6.07, 6.45) is 1.53. The van der Waals surface area contributed by atoms with E-state index >= 15 is 0 Å². The molecule has 4 nitrogen and oxygen atoms in total. The molecule has 1 aliphatic rings. The topological polar surface area (TPSA) is 38.2 Å². The predicted octanol–water partition coefficient (Wildman–Crippen LogP) is 2.79. The van der Waals surface area contributed by atoms with Crippen LogP contribution < -0.4 is 4.90 Å². The molecule has 1 fully saturated rings. The van der Waals surface area contributed by atoms with E-state index < -0.39 is 0 Å². The number of nitrogens with zero attached hydrogens (tertiary/aromatic N) is 3. The smallest absolute Gasteiger partial charge is 0.224 e. The first-order valence-electron chi connectivity index (χ1n) is 5.48. The quantitative estimate of drug-likeness (QED) is 0.739. The lowest BCUT2D eigenvalue weighted by Crippen LogP contribution is -2.53. The second-order valence-electron chi connectivity index (χ2n) is 4.86. The Morgan fingerprint density at radius 2 is 2.18 bits per heavy atom. The largest absolute Gasteiger partial charge is 0.372 e. The average molecular weight is 276 g/mol. The van der Waals surface area contributed by atoms with Crippen molar-refractivity contribution in [2.45, 2.75) is 32.4 Å². The molecule has 1 atom stereocenters. The van der Waals surface area contributed by atoms with Crippen LogP contribution in [0.4, 0.5) is 5.82 Å². The first-order valence-corrected chi connectivity index (χ1v) is 6.23. The van der Waals surface area contributed by atoms with Gasteiger partial charge in [-0.05, 0) is 32.4 Å². The van der Waals surface area contributed by atoms with E-state index in [-0.39, 0.29) is 16.9 Å². The van der Waals surface area contributed by atoms with Gasteiger partial charge >= 0.3 is 0 Å². The van der Waals surface area contributed by atoms with Crippen molar-refractivity contribution >= 4 is 29.0 Å². The van der Waals surface area contributed by atoms with Gasteiger partial charge < -0.3 is 9.64 Å². The Bertz CT molecular complexity index is 425. The van der Waals surface area contributed by atoms with E-state index in [9.17, 15) is 0 Å². The van der Waals surface area contributed by atoms with Crippen LogP contribution in [0.3, 0.4) is 0 Å². The molecule has 1 aromatic heterocycles. The van der Waals surface area contributed by atoms with Crippen molar-refractivity contribution in [2.75, 3.05) is 18.1 Å². The molecule has 6 heteroatoms. The van der Waals surface area contributed by atoms with Gasteiger partial charge in [-0.2, -0.15) is 4.98 Å². The van der Waals surface area contributed by atoms with Crippen LogP contribution >= 0.6 is 23.2 Å². The molecule has 17 heavy (non-hydrogen) atoms. The summed E-state index contributed by atoms with van der Waals surface area (Å²) >= 11 is 11.9. The number of ether oxygens (including phenoxy) is 1. The Morgan fingerprint density at radius 1 is 1.47 bits per heavy atom. The van der Waals surface area contributed by atoms with Gasteiger partial charge in [-0.3, -0.25) is 0 Å². The van der Waals surface area contributed by atoms with Crippen molar-refractivity contribution in [3.8, 4) is 0 Å². The Kier molecular flexibility index (Phi) is 3.48. The molecule has 0 saturated carbocycles. The molecule has 2 rings (SSSR count). The highest BCUT2D eigenvalue weighted by atomic mass is 35.5. The highest BCUT2D eigenvalue weighted by Crippen LogP contribution is 2.30. The summed E-state index contributed by atoms with van der Waals surface area (Å²) in [5.41, 5.74) is -0.215. The van der Waals surface area contributed by atoms with Gasteiger partial charge in [0, 0.05) is 6.54 Å². The van der Waals surface area contributed by atoms with Gasteiger partial charge in [0.05, 0.1) is 24.4 Å². The molecule has 1 aliphatic heterocycles. The molecule has 0 radical (unpaired) electrons. The van der Waals surface area contributed by atoms with Crippen LogP contribution in [0, 0.1) is 0 Å². The summed E-state index contributed by atoms with van der Waals surface area (Å²) in [6, 6.07) is 0.214. The van der Waals surface area contributed by atoms with Crippen molar-refractivity contribution in [3.05, 3.63) is 16.5 Å². The number of rotatable bonds is 1. The molecule has 94 valence electrons. The summed E-state index contributed by atoms with van der Waals surface area (Å²) in [5.74, 6) is 0.676. The van der Waals surface area contributed by atoms with Crippen LogP contribution in [-0.2, 0) is 4.74 Å². The Morgan fingerprint density at radius 3 is 2.88 bits per heavy atom. The highest BCUT2D eigenvalue weighted by Gasteiger charge is 2.33. The number of halogens is 2. The van der Waals surface area contributed by atoms with Gasteiger partial charge in [-0.25, -0.2) is 4.98 Å². The van der Waals surface area contributed by atoms with E-state index in [1.807, 2.05) is 13.8 Å². The third-order valence-corrected chi connectivity index (χ3v) is 3.22. The SMILES string of the molecule is C[C@H]1COC(C)(C)CN1c1nc(Cl)ncc1Cl. The summed E-state index contributed by atoms with van der Waals surface area (Å²) in [4.78, 5) is 10.2. The zero-order valence-corrected chi connectivity index (χ0v) is 11.6. The minimum atomic E-state index is -0.215. The molecular weight excluding hydrogens is 261 g/mol. The van der Waals surface area contributed by atoms with Crippen molar-refractivity contribution in [2.24, 2.45) is 0 Å². The maximum Gasteiger partial charge on any atom is 0.224 e. The zero-order chi connectivity index (χ0) is 12.6. The molecule has 0 amide bonds. The number of morpholine rings is 1. The molecule has 1 aromatic rings. The molecule has 1 saturated heterocycles. The lowest BCUT2D eigenvalue weighted by atomic mass is 10.1. The highest BCUT2D eigenvalue weighted by molar-refractivity contribution is 6.33. The normalized spacial score (nSPS) is 23.8. The molecule has 0 bridgehead atoms. The molecule has 2 heterocycles. The summed E-state index contributed by atoms with van der Waals surface area (Å²) in [6.45, 7) is 7.53. The number of hydrogen-bond acceptors (Lipinski definition) is 4. The third kappa shape index (κ3) is 2.81. The van der Waals surface area contributed by atoms with Crippen LogP contribution in [0.1, 0.15) is 20.8 Å². The fourth-order valence-electron chi connectivity index (χ4n) is 1.87. The minimum Gasteiger partial charge on any atom is -0.372 e. The van der Waals surface area contributed by atoms with Gasteiger partial charge in [-0.1, -0.05) is 11.6 Å². The predicted molar refractivity (Wildman–Crippen MR) is 68.9 cm³/mol. The van der Waals surface area contributed by atoms with E-state index in [0.717, 1.165) is 6.54 Å². The maximum absolute atomic E-state index is 6.12. The first kappa shape index (κ1) is 12.9. The summed E-state index contributed by atoms with van der Waals surface area (Å²) < 4.78 is 5.74. The third-order valence-electron chi connectivity index (χ3n) is 2.77. The van der Waals surface area contributed by atoms with Crippen molar-refractivity contribution in [3.63, 3.8) is 0 Å². The van der Waals surface area contributed by atoms with E-state index in [4.69, 9.17) is 27.9 Å². The average Bonchev–Trinajstić information content (AvgIpc) is 2.25. The van der Waals surface area contributed by atoms with Crippen molar-refractivity contribution in [1.82, 2.24) is 9.97 Å². The maximum atomic E-state index is 6.12. The van der Waals surface area contributed by atoms with Crippen LogP contribution in [0.2, 0.25) is 10.3 Å². The molecule has 0 aliphatic carbocycles. The molecule has 0 spiro atoms. The second kappa shape index (κ2) is 4.59. The van der Waals surface area contributed by atoms with E-state index in [1.165, 1.54) is 6.20 Å². The van der Waals surface area contributed by atoms with Gasteiger partial charge in [0.25, 0.3) is 0 Å². The van der Waals surface area contributed by atoms with Crippen LogP contribution in [0.5, 0.6) is 0 Å². The number of aromatic nitrogens is 2. The van der Waals surface area contributed by atoms with Crippen LogP contribution in [-0.4, -0.2) is 34.8 Å². The standard InChI is InChI=1S/C11H15Cl2N3O/c1-7-5-17-11(2,3)6-16(7)9-8(12)4-14-10(13)15-9/h4,7H,5-6H2,1-3H3/t7-/m0/s1. The van der Waals surface area contributed by atoms with Gasteiger partial charge in [0.1, 0.15) is 5.02 Å². The fourth-order valence-corrected chi connectivity index (χ4v) is 2.20. The van der Waals surface area contributed by atoms with Gasteiger partial charge in [0.2, 0.25) is 5.28 Å². The molecule has 0 N–H and O–H groups in total. The van der Waals surface area contributed by atoms with Gasteiger partial charge in [0.15, 0.2) is 5.82 Å². The van der Waals surface area contributed by atoms with Crippen LogP contribution in [0.15, 0.2) is 6.20 Å². The monoisotopic (exact) mass is 275 g/mol.